The van der Waals surface area contributed by atoms with E-state index in [2.05, 4.69) is 10.6 Å². The molecule has 174 valence electrons. The van der Waals surface area contributed by atoms with Gasteiger partial charge in [0.2, 0.25) is 17.7 Å². The van der Waals surface area contributed by atoms with Gasteiger partial charge < -0.3 is 20.3 Å². The van der Waals surface area contributed by atoms with Crippen molar-refractivity contribution in [3.8, 4) is 0 Å². The fraction of sp³-hybridized carbons (Fsp3) is 0.800. The van der Waals surface area contributed by atoms with Crippen LogP contribution in [0.5, 0.6) is 0 Å². The van der Waals surface area contributed by atoms with E-state index in [9.17, 15) is 14.4 Å². The Morgan fingerprint density at radius 2 is 1.50 bits per heavy atom. The van der Waals surface area contributed by atoms with Crippen molar-refractivity contribution >= 4 is 17.7 Å². The number of likely N-dealkylation sites (tertiary alicyclic amines) is 1. The van der Waals surface area contributed by atoms with Crippen LogP contribution in [-0.2, 0) is 19.1 Å². The van der Waals surface area contributed by atoms with E-state index in [1.165, 1.54) is 6.42 Å². The predicted molar refractivity (Wildman–Crippen MR) is 117 cm³/mol. The smallest absolute Gasteiger partial charge is 0.246 e. The molecule has 6 rings (SSSR count). The summed E-state index contributed by atoms with van der Waals surface area (Å²) in [5.41, 5.74) is -1.88. The van der Waals surface area contributed by atoms with Gasteiger partial charge in [-0.25, -0.2) is 0 Å². The summed E-state index contributed by atoms with van der Waals surface area (Å²) < 4.78 is 6.58. The van der Waals surface area contributed by atoms with E-state index < -0.39 is 29.1 Å². The molecule has 0 unspecified atom stereocenters. The lowest BCUT2D eigenvalue weighted by Gasteiger charge is -2.34. The molecular formula is C25H35N3O4. The van der Waals surface area contributed by atoms with Gasteiger partial charge in [-0.3, -0.25) is 14.4 Å². The highest BCUT2D eigenvalue weighted by Crippen LogP contribution is 2.61. The van der Waals surface area contributed by atoms with Gasteiger partial charge >= 0.3 is 0 Å². The summed E-state index contributed by atoms with van der Waals surface area (Å²) in [6.07, 6.45) is 15.4. The second-order valence-corrected chi connectivity index (χ2v) is 11.1. The van der Waals surface area contributed by atoms with Crippen molar-refractivity contribution in [2.24, 2.45) is 11.8 Å². The van der Waals surface area contributed by atoms with Crippen LogP contribution in [0.25, 0.3) is 0 Å². The molecule has 32 heavy (non-hydrogen) atoms. The van der Waals surface area contributed by atoms with Gasteiger partial charge in [0.25, 0.3) is 0 Å². The van der Waals surface area contributed by atoms with Crippen LogP contribution in [0.1, 0.15) is 77.6 Å². The van der Waals surface area contributed by atoms with E-state index in [4.69, 9.17) is 4.74 Å². The molecule has 3 amide bonds. The first-order valence-corrected chi connectivity index (χ1v) is 12.8. The molecule has 0 radical (unpaired) electrons. The standard InChI is InChI=1S/C25H35N3O4/c1-24-13-14-25(32-24)19(18(24)21(29)26-15-7-3-2-4-8-15)23(31)28(17-11-12-17)20(25)22(30)27-16-9-5-6-10-16/h13-20H,2-12H2,1H3,(H,26,29)(H,27,30)/t18-,19+,20-,24+,25+/m1/s1. The number of carbonyl (C=O) groups excluding carboxylic acids is 3. The van der Waals surface area contributed by atoms with Crippen molar-refractivity contribution in [1.29, 1.82) is 0 Å². The second kappa shape index (κ2) is 7.31. The Hall–Kier alpha value is -1.89. The predicted octanol–water partition coefficient (Wildman–Crippen LogP) is 2.20. The molecule has 2 N–H and O–H groups in total. The molecule has 3 aliphatic heterocycles. The van der Waals surface area contributed by atoms with Gasteiger partial charge in [0.05, 0.1) is 17.4 Å². The van der Waals surface area contributed by atoms with Crippen molar-refractivity contribution in [3.05, 3.63) is 12.2 Å². The number of rotatable bonds is 5. The van der Waals surface area contributed by atoms with Crippen molar-refractivity contribution in [2.75, 3.05) is 0 Å². The van der Waals surface area contributed by atoms with Crippen molar-refractivity contribution in [2.45, 2.75) is 113 Å². The number of carbonyl (C=O) groups is 3. The Labute approximate surface area is 189 Å². The summed E-state index contributed by atoms with van der Waals surface area (Å²) in [4.78, 5) is 42.7. The van der Waals surface area contributed by atoms with Crippen molar-refractivity contribution in [1.82, 2.24) is 15.5 Å². The van der Waals surface area contributed by atoms with Gasteiger partial charge in [-0.2, -0.15) is 0 Å². The number of hydrogen-bond acceptors (Lipinski definition) is 4. The Balaban J connectivity index is 1.31. The minimum atomic E-state index is -1.04. The van der Waals surface area contributed by atoms with E-state index >= 15 is 0 Å². The molecule has 6 aliphatic rings. The van der Waals surface area contributed by atoms with E-state index in [-0.39, 0.29) is 35.8 Å². The van der Waals surface area contributed by atoms with Gasteiger partial charge in [-0.15, -0.1) is 0 Å². The van der Waals surface area contributed by atoms with Crippen molar-refractivity contribution in [3.63, 3.8) is 0 Å². The highest BCUT2D eigenvalue weighted by molar-refractivity contribution is 6.00. The lowest BCUT2D eigenvalue weighted by atomic mass is 9.70. The molecule has 3 aliphatic carbocycles. The molecule has 0 aromatic heterocycles. The first-order valence-electron chi connectivity index (χ1n) is 12.8. The highest BCUT2D eigenvalue weighted by Gasteiger charge is 2.77. The molecule has 0 aromatic carbocycles. The number of hydrogen-bond donors (Lipinski definition) is 2. The van der Waals surface area contributed by atoms with E-state index in [0.29, 0.717) is 0 Å². The van der Waals surface area contributed by atoms with Gasteiger partial charge in [-0.05, 0) is 45.4 Å². The molecule has 3 saturated carbocycles. The second-order valence-electron chi connectivity index (χ2n) is 11.1. The van der Waals surface area contributed by atoms with Gasteiger partial charge in [0.15, 0.2) is 0 Å². The number of nitrogens with one attached hydrogen (secondary N) is 2. The van der Waals surface area contributed by atoms with Crippen LogP contribution in [-0.4, -0.2) is 58.0 Å². The monoisotopic (exact) mass is 441 g/mol. The summed E-state index contributed by atoms with van der Waals surface area (Å²) in [6.45, 7) is 1.91. The number of fused-ring (bicyclic) bond motifs is 1. The lowest BCUT2D eigenvalue weighted by Crippen LogP contribution is -2.56. The van der Waals surface area contributed by atoms with Crippen molar-refractivity contribution < 1.29 is 19.1 Å². The van der Waals surface area contributed by atoms with E-state index in [1.54, 1.807) is 4.90 Å². The fourth-order valence-electron chi connectivity index (χ4n) is 7.20. The quantitative estimate of drug-likeness (QED) is 0.641. The number of nitrogens with zero attached hydrogens (tertiary/aromatic N) is 1. The van der Waals surface area contributed by atoms with E-state index in [1.807, 2.05) is 19.1 Å². The van der Waals surface area contributed by atoms with Crippen LogP contribution < -0.4 is 10.6 Å². The first-order chi connectivity index (χ1) is 15.4. The highest BCUT2D eigenvalue weighted by atomic mass is 16.5. The largest absolute Gasteiger partial charge is 0.356 e. The van der Waals surface area contributed by atoms with Gasteiger partial charge in [0, 0.05) is 18.1 Å². The maximum Gasteiger partial charge on any atom is 0.246 e. The third-order valence-electron chi connectivity index (χ3n) is 8.86. The molecule has 5 atom stereocenters. The minimum Gasteiger partial charge on any atom is -0.356 e. The fourth-order valence-corrected chi connectivity index (χ4v) is 7.20. The average Bonchev–Trinajstić information content (AvgIpc) is 3.13. The Kier molecular flexibility index (Phi) is 4.73. The lowest BCUT2D eigenvalue weighted by molar-refractivity contribution is -0.146. The Bertz CT molecular complexity index is 857. The maximum atomic E-state index is 13.8. The zero-order valence-electron chi connectivity index (χ0n) is 19.0. The molecule has 1 spiro atoms. The topological polar surface area (TPSA) is 87.7 Å². The summed E-state index contributed by atoms with van der Waals surface area (Å²) in [7, 11) is 0. The third kappa shape index (κ3) is 2.99. The van der Waals surface area contributed by atoms with Gasteiger partial charge in [0.1, 0.15) is 11.6 Å². The Morgan fingerprint density at radius 3 is 2.12 bits per heavy atom. The molecule has 7 heteroatoms. The molecular weight excluding hydrogens is 406 g/mol. The van der Waals surface area contributed by atoms with Crippen LogP contribution in [0, 0.1) is 11.8 Å². The molecule has 0 aromatic rings. The summed E-state index contributed by atoms with van der Waals surface area (Å²) in [6, 6.07) is -0.236. The van der Waals surface area contributed by atoms with E-state index in [0.717, 1.165) is 64.2 Å². The normalized spacial score (nSPS) is 41.3. The average molecular weight is 442 g/mol. The van der Waals surface area contributed by atoms with Crippen LogP contribution >= 0.6 is 0 Å². The zero-order chi connectivity index (χ0) is 22.1. The molecule has 5 fully saturated rings. The maximum absolute atomic E-state index is 13.8. The SMILES string of the molecule is C[C@@]12C=C[C@]3(O1)[C@H](C(=O)N(C1CC1)[C@@H]3C(=O)NC1CCCC1)[C@@H]2C(=O)NC1CCCCC1. The summed E-state index contributed by atoms with van der Waals surface area (Å²) in [5, 5.41) is 6.46. The molecule has 3 heterocycles. The molecule has 2 bridgehead atoms. The van der Waals surface area contributed by atoms with Crippen LogP contribution in [0.3, 0.4) is 0 Å². The minimum absolute atomic E-state index is 0.0732. The van der Waals surface area contributed by atoms with Crippen LogP contribution in [0.2, 0.25) is 0 Å². The zero-order valence-corrected chi connectivity index (χ0v) is 19.0. The summed E-state index contributed by atoms with van der Waals surface area (Å²) >= 11 is 0. The van der Waals surface area contributed by atoms with Crippen LogP contribution in [0.15, 0.2) is 12.2 Å². The number of amides is 3. The summed E-state index contributed by atoms with van der Waals surface area (Å²) in [5.74, 6) is -1.48. The first kappa shape index (κ1) is 20.7. The Morgan fingerprint density at radius 1 is 0.906 bits per heavy atom. The third-order valence-corrected chi connectivity index (χ3v) is 8.86. The molecule has 2 saturated heterocycles. The number of ether oxygens (including phenoxy) is 1. The van der Waals surface area contributed by atoms with Gasteiger partial charge in [-0.1, -0.05) is 44.3 Å². The molecule has 7 nitrogen and oxygen atoms in total. The van der Waals surface area contributed by atoms with Crippen LogP contribution in [0.4, 0.5) is 0 Å².